The number of aromatic amines is 1. The van der Waals surface area contributed by atoms with E-state index in [-0.39, 0.29) is 17.9 Å². The van der Waals surface area contributed by atoms with Gasteiger partial charge < -0.3 is 14.5 Å². The van der Waals surface area contributed by atoms with Crippen molar-refractivity contribution >= 4 is 0 Å². The Labute approximate surface area is 109 Å². The molecule has 1 aromatic heterocycles. The molecule has 0 saturated carbocycles. The molecule has 0 spiro atoms. The number of H-pyrrole nitrogens is 1. The van der Waals surface area contributed by atoms with E-state index in [9.17, 15) is 9.18 Å². The van der Waals surface area contributed by atoms with Gasteiger partial charge in [0, 0.05) is 18.7 Å². The first kappa shape index (κ1) is 13.2. The van der Waals surface area contributed by atoms with Gasteiger partial charge in [0.2, 0.25) is 0 Å². The summed E-state index contributed by atoms with van der Waals surface area (Å²) in [7, 11) is 2.90. The number of nitrogens with zero attached hydrogens (tertiary/aromatic N) is 1. The number of rotatable bonds is 4. The topological polar surface area (TPSA) is 64.2 Å². The molecule has 1 N–H and O–H groups in total. The van der Waals surface area contributed by atoms with Crippen LogP contribution in [-0.2, 0) is 11.3 Å². The molecule has 0 radical (unpaired) electrons. The van der Waals surface area contributed by atoms with E-state index in [0.29, 0.717) is 17.1 Å². The fourth-order valence-corrected chi connectivity index (χ4v) is 1.68. The monoisotopic (exact) mass is 264 g/mol. The van der Waals surface area contributed by atoms with E-state index in [4.69, 9.17) is 9.47 Å². The van der Waals surface area contributed by atoms with Crippen LogP contribution in [0.1, 0.15) is 5.69 Å². The van der Waals surface area contributed by atoms with Crippen LogP contribution in [0.2, 0.25) is 0 Å². The first-order valence-electron chi connectivity index (χ1n) is 5.57. The predicted octanol–water partition coefficient (Wildman–Crippen LogP) is 1.73. The first-order valence-corrected chi connectivity index (χ1v) is 5.57. The Hall–Kier alpha value is -2.21. The number of nitrogens with one attached hydrogen (secondary N) is 1. The van der Waals surface area contributed by atoms with Crippen LogP contribution in [0.3, 0.4) is 0 Å². The van der Waals surface area contributed by atoms with Gasteiger partial charge in [-0.25, -0.2) is 9.37 Å². The summed E-state index contributed by atoms with van der Waals surface area (Å²) in [5, 5.41) is 0. The molecule has 0 saturated heterocycles. The highest BCUT2D eigenvalue weighted by Gasteiger charge is 2.08. The number of ether oxygens (including phenoxy) is 2. The van der Waals surface area contributed by atoms with Gasteiger partial charge in [-0.15, -0.1) is 0 Å². The van der Waals surface area contributed by atoms with E-state index in [2.05, 4.69) is 9.97 Å². The van der Waals surface area contributed by atoms with Gasteiger partial charge in [-0.05, 0) is 18.2 Å². The second kappa shape index (κ2) is 5.62. The number of hydrogen-bond acceptors (Lipinski definition) is 4. The Balaban J connectivity index is 2.46. The molecule has 0 amide bonds. The summed E-state index contributed by atoms with van der Waals surface area (Å²) in [6.45, 7) is 0.218. The standard InChI is InChI=1S/C13H13FN2O3/c1-18-7-9-6-12(17)16-13(15-9)8-3-4-11(19-2)10(14)5-8/h3-6H,7H2,1-2H3,(H,15,16,17). The molecule has 5 nitrogen and oxygen atoms in total. The summed E-state index contributed by atoms with van der Waals surface area (Å²) in [5.41, 5.74) is 0.638. The Kier molecular flexibility index (Phi) is 3.91. The van der Waals surface area contributed by atoms with Gasteiger partial charge >= 0.3 is 0 Å². The lowest BCUT2D eigenvalue weighted by molar-refractivity contribution is 0.181. The van der Waals surface area contributed by atoms with Crippen LogP contribution in [0, 0.1) is 5.82 Å². The van der Waals surface area contributed by atoms with Crippen molar-refractivity contribution in [1.29, 1.82) is 0 Å². The van der Waals surface area contributed by atoms with Crippen LogP contribution in [0.5, 0.6) is 5.75 Å². The molecule has 6 heteroatoms. The van der Waals surface area contributed by atoms with E-state index in [1.165, 1.54) is 32.4 Å². The minimum Gasteiger partial charge on any atom is -0.494 e. The molecule has 2 aromatic rings. The Morgan fingerprint density at radius 3 is 2.74 bits per heavy atom. The SMILES string of the molecule is COCc1cc(=O)[nH]c(-c2ccc(OC)c(F)c2)n1. The summed E-state index contributed by atoms with van der Waals surface area (Å²) < 4.78 is 23.4. The van der Waals surface area contributed by atoms with Crippen molar-refractivity contribution in [3.63, 3.8) is 0 Å². The number of methoxy groups -OCH3 is 2. The molecule has 0 aliphatic heterocycles. The quantitative estimate of drug-likeness (QED) is 0.913. The third-order valence-electron chi connectivity index (χ3n) is 2.51. The van der Waals surface area contributed by atoms with Gasteiger partial charge in [0.15, 0.2) is 11.6 Å². The average Bonchev–Trinajstić information content (AvgIpc) is 2.38. The molecular formula is C13H13FN2O3. The third kappa shape index (κ3) is 2.97. The van der Waals surface area contributed by atoms with Crippen molar-refractivity contribution in [3.8, 4) is 17.1 Å². The number of aromatic nitrogens is 2. The fraction of sp³-hybridized carbons (Fsp3) is 0.231. The van der Waals surface area contributed by atoms with Crippen LogP contribution in [0.15, 0.2) is 29.1 Å². The van der Waals surface area contributed by atoms with Crippen molar-refractivity contribution in [1.82, 2.24) is 9.97 Å². The molecule has 19 heavy (non-hydrogen) atoms. The highest BCUT2D eigenvalue weighted by molar-refractivity contribution is 5.56. The molecule has 0 aliphatic rings. The minimum atomic E-state index is -0.514. The third-order valence-corrected chi connectivity index (χ3v) is 2.51. The molecule has 2 rings (SSSR count). The van der Waals surface area contributed by atoms with E-state index in [0.717, 1.165) is 0 Å². The maximum atomic E-state index is 13.6. The summed E-state index contributed by atoms with van der Waals surface area (Å²) in [6, 6.07) is 5.70. The van der Waals surface area contributed by atoms with E-state index in [1.807, 2.05) is 0 Å². The summed E-state index contributed by atoms with van der Waals surface area (Å²) in [5.74, 6) is -0.0833. The van der Waals surface area contributed by atoms with Gasteiger partial charge in [-0.3, -0.25) is 4.79 Å². The van der Waals surface area contributed by atoms with Gasteiger partial charge in [0.25, 0.3) is 5.56 Å². The van der Waals surface area contributed by atoms with E-state index >= 15 is 0 Å². The largest absolute Gasteiger partial charge is 0.494 e. The summed E-state index contributed by atoms with van der Waals surface area (Å²) >= 11 is 0. The van der Waals surface area contributed by atoms with Crippen molar-refractivity contribution in [2.45, 2.75) is 6.61 Å². The lowest BCUT2D eigenvalue weighted by Gasteiger charge is -2.06. The molecule has 1 aromatic carbocycles. The molecule has 1 heterocycles. The van der Waals surface area contributed by atoms with Crippen LogP contribution < -0.4 is 10.3 Å². The van der Waals surface area contributed by atoms with Crippen molar-refractivity contribution in [2.24, 2.45) is 0 Å². The van der Waals surface area contributed by atoms with Crippen LogP contribution in [-0.4, -0.2) is 24.2 Å². The Bertz CT molecular complexity index is 640. The predicted molar refractivity (Wildman–Crippen MR) is 67.5 cm³/mol. The average molecular weight is 264 g/mol. The first-order chi connectivity index (χ1) is 9.13. The maximum absolute atomic E-state index is 13.6. The van der Waals surface area contributed by atoms with E-state index < -0.39 is 5.82 Å². The van der Waals surface area contributed by atoms with Crippen molar-refractivity contribution < 1.29 is 13.9 Å². The smallest absolute Gasteiger partial charge is 0.251 e. The van der Waals surface area contributed by atoms with Gasteiger partial charge in [0.1, 0.15) is 5.82 Å². The van der Waals surface area contributed by atoms with Gasteiger partial charge in [0.05, 0.1) is 19.4 Å². The number of benzene rings is 1. The van der Waals surface area contributed by atoms with E-state index in [1.54, 1.807) is 6.07 Å². The molecule has 0 unspecified atom stereocenters. The van der Waals surface area contributed by atoms with Crippen molar-refractivity contribution in [2.75, 3.05) is 14.2 Å². The number of halogens is 1. The van der Waals surface area contributed by atoms with Crippen LogP contribution in [0.25, 0.3) is 11.4 Å². The molecule has 0 atom stereocenters. The molecule has 0 fully saturated rings. The molecule has 0 bridgehead atoms. The second-order valence-corrected chi connectivity index (χ2v) is 3.87. The summed E-state index contributed by atoms with van der Waals surface area (Å²) in [6.07, 6.45) is 0. The fourth-order valence-electron chi connectivity index (χ4n) is 1.68. The summed E-state index contributed by atoms with van der Waals surface area (Å²) in [4.78, 5) is 18.3. The zero-order valence-electron chi connectivity index (χ0n) is 10.6. The normalized spacial score (nSPS) is 10.5. The molecule has 100 valence electrons. The second-order valence-electron chi connectivity index (χ2n) is 3.87. The number of hydrogen-bond donors (Lipinski definition) is 1. The highest BCUT2D eigenvalue weighted by atomic mass is 19.1. The van der Waals surface area contributed by atoms with Crippen molar-refractivity contribution in [3.05, 3.63) is 46.1 Å². The zero-order valence-corrected chi connectivity index (χ0v) is 10.6. The Morgan fingerprint density at radius 2 is 2.11 bits per heavy atom. The Morgan fingerprint density at radius 1 is 1.32 bits per heavy atom. The lowest BCUT2D eigenvalue weighted by Crippen LogP contribution is -2.11. The van der Waals surface area contributed by atoms with Gasteiger partial charge in [-0.1, -0.05) is 0 Å². The molecule has 0 aliphatic carbocycles. The van der Waals surface area contributed by atoms with Gasteiger partial charge in [-0.2, -0.15) is 0 Å². The molecular weight excluding hydrogens is 251 g/mol. The zero-order chi connectivity index (χ0) is 13.8. The van der Waals surface area contributed by atoms with Crippen LogP contribution >= 0.6 is 0 Å². The lowest BCUT2D eigenvalue weighted by atomic mass is 10.2. The highest BCUT2D eigenvalue weighted by Crippen LogP contribution is 2.22. The van der Waals surface area contributed by atoms with Crippen LogP contribution in [0.4, 0.5) is 4.39 Å². The maximum Gasteiger partial charge on any atom is 0.251 e. The minimum absolute atomic E-state index is 0.138.